The van der Waals surface area contributed by atoms with E-state index < -0.39 is 0 Å². The zero-order chi connectivity index (χ0) is 12.3. The highest BCUT2D eigenvalue weighted by atomic mass is 16.5. The Morgan fingerprint density at radius 3 is 3.06 bits per heavy atom. The molecule has 0 fully saturated rings. The molecule has 2 aromatic heterocycles. The number of esters is 1. The van der Waals surface area contributed by atoms with Crippen molar-refractivity contribution in [3.05, 3.63) is 42.1 Å². The highest BCUT2D eigenvalue weighted by Gasteiger charge is 2.16. The summed E-state index contributed by atoms with van der Waals surface area (Å²) in [5.74, 6) is 0.206. The first-order valence-corrected chi connectivity index (χ1v) is 5.39. The van der Waals surface area contributed by atoms with Crippen LogP contribution in [0.4, 0.5) is 0 Å². The Morgan fingerprint density at radius 1 is 1.65 bits per heavy atom. The molecule has 0 spiro atoms. The van der Waals surface area contributed by atoms with Crippen LogP contribution in [0.15, 0.2) is 35.2 Å². The lowest BCUT2D eigenvalue weighted by Crippen LogP contribution is -2.21. The Labute approximate surface area is 99.0 Å². The van der Waals surface area contributed by atoms with Crippen molar-refractivity contribution in [2.24, 2.45) is 0 Å². The first-order valence-electron chi connectivity index (χ1n) is 5.39. The van der Waals surface area contributed by atoms with E-state index in [0.29, 0.717) is 17.9 Å². The number of carbonyl (C=O) groups is 1. The second-order valence-electron chi connectivity index (χ2n) is 3.83. The minimum absolute atomic E-state index is 0.239. The van der Waals surface area contributed by atoms with Crippen molar-refractivity contribution in [1.82, 2.24) is 9.78 Å². The lowest BCUT2D eigenvalue weighted by molar-refractivity contribution is 0.0297. The van der Waals surface area contributed by atoms with Crippen molar-refractivity contribution >= 4 is 5.97 Å². The van der Waals surface area contributed by atoms with Gasteiger partial charge in [0.1, 0.15) is 17.4 Å². The highest BCUT2D eigenvalue weighted by Crippen LogP contribution is 2.11. The highest BCUT2D eigenvalue weighted by molar-refractivity contribution is 5.90. The minimum Gasteiger partial charge on any atom is -0.469 e. The van der Waals surface area contributed by atoms with Gasteiger partial charge >= 0.3 is 5.97 Å². The Morgan fingerprint density at radius 2 is 2.47 bits per heavy atom. The van der Waals surface area contributed by atoms with Gasteiger partial charge in [0.15, 0.2) is 0 Å². The summed E-state index contributed by atoms with van der Waals surface area (Å²) in [6.07, 6.45) is 4.75. The van der Waals surface area contributed by atoms with Crippen LogP contribution in [-0.4, -0.2) is 21.9 Å². The Bertz CT molecular complexity index is 488. The summed E-state index contributed by atoms with van der Waals surface area (Å²) in [7, 11) is 0. The van der Waals surface area contributed by atoms with Gasteiger partial charge in [-0.3, -0.25) is 4.68 Å². The van der Waals surface area contributed by atoms with Crippen LogP contribution < -0.4 is 0 Å². The van der Waals surface area contributed by atoms with Crippen molar-refractivity contribution < 1.29 is 13.9 Å². The first kappa shape index (κ1) is 11.4. The maximum Gasteiger partial charge on any atom is 0.342 e. The number of hydrogen-bond acceptors (Lipinski definition) is 4. The van der Waals surface area contributed by atoms with Gasteiger partial charge in [-0.1, -0.05) is 0 Å². The molecule has 2 aromatic rings. The third kappa shape index (κ3) is 2.75. The van der Waals surface area contributed by atoms with Crippen LogP contribution in [0.2, 0.25) is 0 Å². The van der Waals surface area contributed by atoms with E-state index in [1.807, 2.05) is 19.2 Å². The predicted molar refractivity (Wildman–Crippen MR) is 60.5 cm³/mol. The topological polar surface area (TPSA) is 57.3 Å². The summed E-state index contributed by atoms with van der Waals surface area (Å²) in [5.41, 5.74) is 0.470. The number of hydrogen-bond donors (Lipinski definition) is 0. The van der Waals surface area contributed by atoms with E-state index >= 15 is 0 Å². The molecule has 17 heavy (non-hydrogen) atoms. The van der Waals surface area contributed by atoms with Gasteiger partial charge in [-0.15, -0.1) is 0 Å². The molecule has 0 aliphatic rings. The van der Waals surface area contributed by atoms with E-state index in [2.05, 4.69) is 5.10 Å². The number of aryl methyl sites for hydroxylation is 1. The third-order valence-electron chi connectivity index (χ3n) is 2.39. The van der Waals surface area contributed by atoms with Crippen LogP contribution >= 0.6 is 0 Å². The summed E-state index contributed by atoms with van der Waals surface area (Å²) in [6.45, 7) is 4.10. The zero-order valence-electron chi connectivity index (χ0n) is 9.79. The SMILES string of the molecule is Cc1occc1C(=O)O[C@H](C)Cn1cccn1. The van der Waals surface area contributed by atoms with E-state index in [9.17, 15) is 4.79 Å². The molecule has 2 rings (SSSR count). The molecule has 0 aliphatic heterocycles. The zero-order valence-corrected chi connectivity index (χ0v) is 9.79. The molecule has 2 heterocycles. The van der Waals surface area contributed by atoms with Crippen LogP contribution in [0.1, 0.15) is 23.0 Å². The molecule has 0 unspecified atom stereocenters. The quantitative estimate of drug-likeness (QED) is 0.759. The molecule has 0 saturated carbocycles. The standard InChI is InChI=1S/C12H14N2O3/c1-9(8-14-6-3-5-13-14)17-12(15)11-4-7-16-10(11)2/h3-7,9H,8H2,1-2H3/t9-/m1/s1. The molecular weight excluding hydrogens is 220 g/mol. The van der Waals surface area contributed by atoms with E-state index in [4.69, 9.17) is 9.15 Å². The largest absolute Gasteiger partial charge is 0.469 e. The molecule has 1 atom stereocenters. The smallest absolute Gasteiger partial charge is 0.342 e. The van der Waals surface area contributed by atoms with Gasteiger partial charge in [-0.05, 0) is 26.0 Å². The Balaban J connectivity index is 1.93. The number of nitrogens with zero attached hydrogens (tertiary/aromatic N) is 2. The molecule has 0 radical (unpaired) electrons. The molecule has 90 valence electrons. The minimum atomic E-state index is -0.365. The van der Waals surface area contributed by atoms with Crippen molar-refractivity contribution in [1.29, 1.82) is 0 Å². The molecule has 5 heteroatoms. The van der Waals surface area contributed by atoms with Gasteiger partial charge in [0, 0.05) is 12.4 Å². The summed E-state index contributed by atoms with van der Waals surface area (Å²) < 4.78 is 12.1. The average molecular weight is 234 g/mol. The lowest BCUT2D eigenvalue weighted by Gasteiger charge is -2.12. The van der Waals surface area contributed by atoms with E-state index in [-0.39, 0.29) is 12.1 Å². The molecule has 0 bridgehead atoms. The third-order valence-corrected chi connectivity index (χ3v) is 2.39. The monoisotopic (exact) mass is 234 g/mol. The summed E-state index contributed by atoms with van der Waals surface area (Å²) in [4.78, 5) is 11.8. The van der Waals surface area contributed by atoms with Gasteiger partial charge in [-0.25, -0.2) is 4.79 Å². The van der Waals surface area contributed by atoms with Crippen LogP contribution in [0.25, 0.3) is 0 Å². The van der Waals surface area contributed by atoms with Gasteiger partial charge < -0.3 is 9.15 Å². The molecule has 0 saturated heterocycles. The second kappa shape index (κ2) is 4.86. The van der Waals surface area contributed by atoms with Crippen LogP contribution in [-0.2, 0) is 11.3 Å². The maximum atomic E-state index is 11.8. The summed E-state index contributed by atoms with van der Waals surface area (Å²) >= 11 is 0. The van der Waals surface area contributed by atoms with Crippen molar-refractivity contribution in [3.63, 3.8) is 0 Å². The molecule has 5 nitrogen and oxygen atoms in total. The number of furan rings is 1. The molecular formula is C12H14N2O3. The second-order valence-corrected chi connectivity index (χ2v) is 3.83. The maximum absolute atomic E-state index is 11.8. The van der Waals surface area contributed by atoms with Gasteiger partial charge in [0.05, 0.1) is 12.8 Å². The van der Waals surface area contributed by atoms with E-state index in [1.165, 1.54) is 6.26 Å². The van der Waals surface area contributed by atoms with Gasteiger partial charge in [0.25, 0.3) is 0 Å². The Kier molecular flexibility index (Phi) is 3.27. The van der Waals surface area contributed by atoms with Crippen molar-refractivity contribution in [2.45, 2.75) is 26.5 Å². The van der Waals surface area contributed by atoms with Crippen LogP contribution in [0.3, 0.4) is 0 Å². The Hall–Kier alpha value is -2.04. The predicted octanol–water partition coefficient (Wildman–Crippen LogP) is 2.03. The normalized spacial score (nSPS) is 12.4. The summed E-state index contributed by atoms with van der Waals surface area (Å²) in [5, 5.41) is 4.05. The molecule has 0 N–H and O–H groups in total. The number of aromatic nitrogens is 2. The molecule has 0 amide bonds. The fourth-order valence-electron chi connectivity index (χ4n) is 1.55. The van der Waals surface area contributed by atoms with Gasteiger partial charge in [-0.2, -0.15) is 5.10 Å². The van der Waals surface area contributed by atoms with Crippen LogP contribution in [0.5, 0.6) is 0 Å². The van der Waals surface area contributed by atoms with Crippen LogP contribution in [0, 0.1) is 6.92 Å². The van der Waals surface area contributed by atoms with E-state index in [1.54, 1.807) is 23.9 Å². The van der Waals surface area contributed by atoms with Crippen molar-refractivity contribution in [2.75, 3.05) is 0 Å². The van der Waals surface area contributed by atoms with Crippen molar-refractivity contribution in [3.8, 4) is 0 Å². The number of carbonyl (C=O) groups excluding carboxylic acids is 1. The lowest BCUT2D eigenvalue weighted by atomic mass is 10.2. The fourth-order valence-corrected chi connectivity index (χ4v) is 1.55. The summed E-state index contributed by atoms with van der Waals surface area (Å²) in [6, 6.07) is 3.44. The number of ether oxygens (including phenoxy) is 1. The fraction of sp³-hybridized carbons (Fsp3) is 0.333. The van der Waals surface area contributed by atoms with Gasteiger partial charge in [0.2, 0.25) is 0 Å². The first-order chi connectivity index (χ1) is 8.16. The molecule has 0 aliphatic carbocycles. The molecule has 0 aromatic carbocycles. The average Bonchev–Trinajstić information content (AvgIpc) is 2.88. The number of rotatable bonds is 4. The van der Waals surface area contributed by atoms with E-state index in [0.717, 1.165) is 0 Å².